The SMILES string of the molecule is CS(=O)(=O)N1CCN(N2CCNCC2)CC1. The van der Waals surface area contributed by atoms with Gasteiger partial charge in [0.05, 0.1) is 6.26 Å². The van der Waals surface area contributed by atoms with Crippen molar-refractivity contribution in [3.8, 4) is 0 Å². The van der Waals surface area contributed by atoms with E-state index in [1.165, 1.54) is 6.26 Å². The van der Waals surface area contributed by atoms with Crippen LogP contribution in [-0.2, 0) is 10.0 Å². The van der Waals surface area contributed by atoms with Gasteiger partial charge < -0.3 is 5.32 Å². The van der Waals surface area contributed by atoms with Gasteiger partial charge in [0.2, 0.25) is 10.0 Å². The fraction of sp³-hybridized carbons (Fsp3) is 1.00. The van der Waals surface area contributed by atoms with E-state index in [9.17, 15) is 8.42 Å². The average Bonchev–Trinajstić information content (AvgIpc) is 2.29. The van der Waals surface area contributed by atoms with Crippen molar-refractivity contribution in [1.29, 1.82) is 0 Å². The summed E-state index contributed by atoms with van der Waals surface area (Å²) >= 11 is 0. The third-order valence-electron chi connectivity index (χ3n) is 3.18. The molecule has 0 saturated carbocycles. The smallest absolute Gasteiger partial charge is 0.211 e. The van der Waals surface area contributed by atoms with Crippen molar-refractivity contribution in [2.75, 3.05) is 58.6 Å². The number of sulfonamides is 1. The normalized spacial score (nSPS) is 27.1. The molecule has 2 aliphatic rings. The Kier molecular flexibility index (Phi) is 3.81. The monoisotopic (exact) mass is 248 g/mol. The van der Waals surface area contributed by atoms with E-state index in [-0.39, 0.29) is 0 Å². The molecular weight excluding hydrogens is 228 g/mol. The third-order valence-corrected chi connectivity index (χ3v) is 4.48. The molecule has 0 atom stereocenters. The molecule has 0 aromatic carbocycles. The molecule has 7 heteroatoms. The van der Waals surface area contributed by atoms with Gasteiger partial charge >= 0.3 is 0 Å². The molecule has 0 unspecified atom stereocenters. The highest BCUT2D eigenvalue weighted by molar-refractivity contribution is 7.88. The van der Waals surface area contributed by atoms with Crippen molar-refractivity contribution in [1.82, 2.24) is 19.6 Å². The van der Waals surface area contributed by atoms with E-state index in [1.54, 1.807) is 4.31 Å². The fourth-order valence-corrected chi connectivity index (χ4v) is 3.05. The summed E-state index contributed by atoms with van der Waals surface area (Å²) in [4.78, 5) is 0. The maximum absolute atomic E-state index is 11.4. The van der Waals surface area contributed by atoms with Gasteiger partial charge in [0.1, 0.15) is 0 Å². The zero-order valence-corrected chi connectivity index (χ0v) is 10.5. The highest BCUT2D eigenvalue weighted by atomic mass is 32.2. The molecule has 2 rings (SSSR count). The first-order chi connectivity index (χ1) is 7.57. The van der Waals surface area contributed by atoms with Crippen LogP contribution in [0.15, 0.2) is 0 Å². The minimum Gasteiger partial charge on any atom is -0.314 e. The second-order valence-corrected chi connectivity index (χ2v) is 6.30. The Balaban J connectivity index is 1.85. The second-order valence-electron chi connectivity index (χ2n) is 4.32. The maximum Gasteiger partial charge on any atom is 0.211 e. The number of hydrogen-bond acceptors (Lipinski definition) is 5. The van der Waals surface area contributed by atoms with E-state index in [1.807, 2.05) is 0 Å². The Labute approximate surface area is 97.2 Å². The highest BCUT2D eigenvalue weighted by Crippen LogP contribution is 2.09. The Morgan fingerprint density at radius 2 is 1.38 bits per heavy atom. The summed E-state index contributed by atoms with van der Waals surface area (Å²) in [5, 5.41) is 7.92. The van der Waals surface area contributed by atoms with Gasteiger partial charge in [-0.1, -0.05) is 0 Å². The quantitative estimate of drug-likeness (QED) is 0.637. The first-order valence-electron chi connectivity index (χ1n) is 5.73. The van der Waals surface area contributed by atoms with Gasteiger partial charge in [-0.3, -0.25) is 0 Å². The molecule has 0 radical (unpaired) electrons. The molecule has 0 aromatic heterocycles. The van der Waals surface area contributed by atoms with Crippen molar-refractivity contribution >= 4 is 10.0 Å². The lowest BCUT2D eigenvalue weighted by atomic mass is 10.4. The molecule has 2 fully saturated rings. The van der Waals surface area contributed by atoms with Crippen LogP contribution >= 0.6 is 0 Å². The van der Waals surface area contributed by atoms with Gasteiger partial charge in [0.15, 0.2) is 0 Å². The van der Waals surface area contributed by atoms with Crippen LogP contribution in [0, 0.1) is 0 Å². The molecule has 0 bridgehead atoms. The Hall–Kier alpha value is -0.210. The zero-order valence-electron chi connectivity index (χ0n) is 9.72. The second kappa shape index (κ2) is 4.97. The summed E-state index contributed by atoms with van der Waals surface area (Å²) < 4.78 is 24.3. The van der Waals surface area contributed by atoms with E-state index < -0.39 is 10.0 Å². The number of nitrogens with zero attached hydrogens (tertiary/aromatic N) is 3. The largest absolute Gasteiger partial charge is 0.314 e. The van der Waals surface area contributed by atoms with E-state index in [2.05, 4.69) is 15.3 Å². The molecule has 2 saturated heterocycles. The third kappa shape index (κ3) is 2.92. The van der Waals surface area contributed by atoms with Gasteiger partial charge in [-0.25, -0.2) is 18.4 Å². The summed E-state index contributed by atoms with van der Waals surface area (Å²) in [6.07, 6.45) is 1.29. The summed E-state index contributed by atoms with van der Waals surface area (Å²) in [6, 6.07) is 0. The van der Waals surface area contributed by atoms with Crippen LogP contribution in [0.3, 0.4) is 0 Å². The number of nitrogens with one attached hydrogen (secondary N) is 1. The van der Waals surface area contributed by atoms with Crippen LogP contribution in [0.1, 0.15) is 0 Å². The Bertz CT molecular complexity index is 318. The first kappa shape index (κ1) is 12.3. The molecule has 6 nitrogen and oxygen atoms in total. The van der Waals surface area contributed by atoms with Crippen molar-refractivity contribution in [3.63, 3.8) is 0 Å². The van der Waals surface area contributed by atoms with Gasteiger partial charge in [-0.2, -0.15) is 4.31 Å². The Morgan fingerprint density at radius 3 is 1.88 bits per heavy atom. The van der Waals surface area contributed by atoms with Crippen LogP contribution < -0.4 is 5.32 Å². The lowest BCUT2D eigenvalue weighted by Gasteiger charge is -2.42. The molecule has 0 amide bonds. The molecule has 0 aromatic rings. The lowest BCUT2D eigenvalue weighted by Crippen LogP contribution is -2.58. The topological polar surface area (TPSA) is 55.9 Å². The first-order valence-corrected chi connectivity index (χ1v) is 7.58. The summed E-state index contributed by atoms with van der Waals surface area (Å²) in [5.74, 6) is 0. The molecule has 1 N–H and O–H groups in total. The fourth-order valence-electron chi connectivity index (χ4n) is 2.23. The number of rotatable bonds is 2. The standard InChI is InChI=1S/C9H20N4O2S/c1-16(14,15)13-8-6-12(7-9-13)11-4-2-10-3-5-11/h10H,2-9H2,1H3. The Morgan fingerprint density at radius 1 is 0.875 bits per heavy atom. The van der Waals surface area contributed by atoms with Crippen LogP contribution in [0.25, 0.3) is 0 Å². The van der Waals surface area contributed by atoms with Gasteiger partial charge in [-0.15, -0.1) is 0 Å². The summed E-state index contributed by atoms with van der Waals surface area (Å²) in [6.45, 7) is 6.95. The maximum atomic E-state index is 11.4. The van der Waals surface area contributed by atoms with Crippen LogP contribution in [0.5, 0.6) is 0 Å². The molecule has 0 aliphatic carbocycles. The van der Waals surface area contributed by atoms with Crippen molar-refractivity contribution < 1.29 is 8.42 Å². The van der Waals surface area contributed by atoms with Crippen LogP contribution in [0.2, 0.25) is 0 Å². The van der Waals surface area contributed by atoms with Gasteiger partial charge in [-0.05, 0) is 0 Å². The van der Waals surface area contributed by atoms with Crippen molar-refractivity contribution in [3.05, 3.63) is 0 Å². The van der Waals surface area contributed by atoms with E-state index in [0.29, 0.717) is 13.1 Å². The van der Waals surface area contributed by atoms with Crippen molar-refractivity contribution in [2.45, 2.75) is 0 Å². The lowest BCUT2D eigenvalue weighted by molar-refractivity contribution is -0.0527. The predicted molar refractivity (Wildman–Crippen MR) is 62.4 cm³/mol. The zero-order chi connectivity index (χ0) is 11.6. The highest BCUT2D eigenvalue weighted by Gasteiger charge is 2.26. The summed E-state index contributed by atoms with van der Waals surface area (Å²) in [5.41, 5.74) is 0. The van der Waals surface area contributed by atoms with E-state index in [0.717, 1.165) is 39.3 Å². The molecule has 16 heavy (non-hydrogen) atoms. The van der Waals surface area contributed by atoms with Crippen LogP contribution in [0.4, 0.5) is 0 Å². The number of piperazine rings is 2. The van der Waals surface area contributed by atoms with Crippen molar-refractivity contribution in [2.24, 2.45) is 0 Å². The van der Waals surface area contributed by atoms with E-state index in [4.69, 9.17) is 0 Å². The van der Waals surface area contributed by atoms with Gasteiger partial charge in [0, 0.05) is 52.4 Å². The minimum absolute atomic E-state index is 0.614. The molecule has 2 heterocycles. The van der Waals surface area contributed by atoms with Crippen LogP contribution in [-0.4, -0.2) is 81.4 Å². The van der Waals surface area contributed by atoms with E-state index >= 15 is 0 Å². The minimum atomic E-state index is -3.00. The molecule has 94 valence electrons. The number of hydrazine groups is 1. The number of hydrogen-bond donors (Lipinski definition) is 1. The average molecular weight is 248 g/mol. The predicted octanol–water partition coefficient (Wildman–Crippen LogP) is -1.62. The molecule has 0 spiro atoms. The van der Waals surface area contributed by atoms with Gasteiger partial charge in [0.25, 0.3) is 0 Å². The molecule has 2 aliphatic heterocycles. The molecular formula is C9H20N4O2S. The summed E-state index contributed by atoms with van der Waals surface area (Å²) in [7, 11) is -3.00.